The maximum absolute atomic E-state index is 12.9. The quantitative estimate of drug-likeness (QED) is 0.456. The van der Waals surface area contributed by atoms with E-state index in [1.807, 2.05) is 69.3 Å². The third-order valence-electron chi connectivity index (χ3n) is 5.25. The summed E-state index contributed by atoms with van der Waals surface area (Å²) in [4.78, 5) is 29.8. The Kier molecular flexibility index (Phi) is 5.50. The summed E-state index contributed by atoms with van der Waals surface area (Å²) < 4.78 is 0. The van der Waals surface area contributed by atoms with E-state index in [0.29, 0.717) is 22.5 Å². The lowest BCUT2D eigenvalue weighted by Gasteiger charge is -2.12. The molecule has 4 aromatic rings. The number of aromatic nitrogens is 1. The number of amides is 2. The van der Waals surface area contributed by atoms with E-state index in [1.54, 1.807) is 24.4 Å². The van der Waals surface area contributed by atoms with Crippen molar-refractivity contribution in [2.75, 3.05) is 10.6 Å². The molecule has 0 radical (unpaired) electrons. The molecule has 1 aromatic heterocycles. The van der Waals surface area contributed by atoms with E-state index in [9.17, 15) is 9.59 Å². The average molecular weight is 409 g/mol. The molecule has 0 unspecified atom stereocenters. The standard InChI is InChI=1S/C26H23N3O2/c1-16-5-4-6-19(13-16)25(30)28-21-9-7-18(3)24(15-21)29-26(31)20-8-10-23-22(14-20)17(2)11-12-27-23/h4-15H,1-3H3,(H,28,30)(H,29,31). The molecule has 0 fully saturated rings. The zero-order chi connectivity index (χ0) is 22.0. The Morgan fingerprint density at radius 1 is 0.742 bits per heavy atom. The number of nitrogens with one attached hydrogen (secondary N) is 2. The third-order valence-corrected chi connectivity index (χ3v) is 5.25. The fourth-order valence-corrected chi connectivity index (χ4v) is 3.44. The Morgan fingerprint density at radius 3 is 2.32 bits per heavy atom. The number of rotatable bonds is 4. The summed E-state index contributed by atoms with van der Waals surface area (Å²) in [5.74, 6) is -0.405. The molecule has 0 saturated carbocycles. The van der Waals surface area contributed by atoms with Gasteiger partial charge < -0.3 is 10.6 Å². The Balaban J connectivity index is 1.55. The molecular weight excluding hydrogens is 386 g/mol. The van der Waals surface area contributed by atoms with Crippen LogP contribution in [0.3, 0.4) is 0 Å². The second kappa shape index (κ2) is 8.40. The zero-order valence-corrected chi connectivity index (χ0v) is 17.7. The maximum Gasteiger partial charge on any atom is 0.255 e. The molecule has 1 heterocycles. The van der Waals surface area contributed by atoms with E-state index >= 15 is 0 Å². The van der Waals surface area contributed by atoms with Gasteiger partial charge >= 0.3 is 0 Å². The van der Waals surface area contributed by atoms with Crippen molar-refractivity contribution in [1.82, 2.24) is 4.98 Å². The number of benzene rings is 3. The van der Waals surface area contributed by atoms with Crippen LogP contribution in [0.25, 0.3) is 10.9 Å². The molecule has 2 amide bonds. The minimum atomic E-state index is -0.213. The number of nitrogens with zero attached hydrogens (tertiary/aromatic N) is 1. The SMILES string of the molecule is Cc1cccc(C(=O)Nc2ccc(C)c(NC(=O)c3ccc4nccc(C)c4c3)c2)c1. The second-order valence-electron chi connectivity index (χ2n) is 7.67. The van der Waals surface area contributed by atoms with Crippen molar-refractivity contribution in [3.05, 3.63) is 101 Å². The Bertz CT molecular complexity index is 1310. The Labute approximate surface area is 181 Å². The number of fused-ring (bicyclic) bond motifs is 1. The minimum absolute atomic E-state index is 0.192. The van der Waals surface area contributed by atoms with E-state index in [0.717, 1.165) is 27.6 Å². The van der Waals surface area contributed by atoms with Gasteiger partial charge in [-0.15, -0.1) is 0 Å². The summed E-state index contributed by atoms with van der Waals surface area (Å²) in [5.41, 5.74) is 6.25. The van der Waals surface area contributed by atoms with E-state index in [2.05, 4.69) is 15.6 Å². The van der Waals surface area contributed by atoms with Gasteiger partial charge in [0, 0.05) is 34.1 Å². The van der Waals surface area contributed by atoms with E-state index < -0.39 is 0 Å². The van der Waals surface area contributed by atoms with Crippen LogP contribution in [-0.4, -0.2) is 16.8 Å². The van der Waals surface area contributed by atoms with Crippen LogP contribution in [-0.2, 0) is 0 Å². The van der Waals surface area contributed by atoms with Crippen LogP contribution in [0.2, 0.25) is 0 Å². The highest BCUT2D eigenvalue weighted by molar-refractivity contribution is 6.08. The van der Waals surface area contributed by atoms with Gasteiger partial charge in [0.25, 0.3) is 11.8 Å². The molecule has 0 bridgehead atoms. The predicted octanol–water partition coefficient (Wildman–Crippen LogP) is 5.66. The molecule has 0 aliphatic rings. The summed E-state index contributed by atoms with van der Waals surface area (Å²) >= 11 is 0. The topological polar surface area (TPSA) is 71.1 Å². The summed E-state index contributed by atoms with van der Waals surface area (Å²) in [6.07, 6.45) is 1.76. The van der Waals surface area contributed by atoms with Gasteiger partial charge in [0.05, 0.1) is 5.52 Å². The molecule has 3 aromatic carbocycles. The van der Waals surface area contributed by atoms with Gasteiger partial charge in [-0.1, -0.05) is 23.8 Å². The molecule has 0 aliphatic carbocycles. The fraction of sp³-hybridized carbons (Fsp3) is 0.115. The Hall–Kier alpha value is -3.99. The van der Waals surface area contributed by atoms with Crippen molar-refractivity contribution < 1.29 is 9.59 Å². The monoisotopic (exact) mass is 409 g/mol. The molecule has 2 N–H and O–H groups in total. The van der Waals surface area contributed by atoms with Gasteiger partial charge in [-0.05, 0) is 80.4 Å². The van der Waals surface area contributed by atoms with Crippen molar-refractivity contribution in [2.24, 2.45) is 0 Å². The van der Waals surface area contributed by atoms with Crippen LogP contribution in [0.5, 0.6) is 0 Å². The number of carbonyl (C=O) groups is 2. The van der Waals surface area contributed by atoms with Crippen molar-refractivity contribution >= 4 is 34.1 Å². The molecule has 154 valence electrons. The molecule has 5 nitrogen and oxygen atoms in total. The molecule has 0 spiro atoms. The average Bonchev–Trinajstić information content (AvgIpc) is 2.76. The smallest absolute Gasteiger partial charge is 0.255 e. The number of pyridine rings is 1. The first-order chi connectivity index (χ1) is 14.9. The fourth-order valence-electron chi connectivity index (χ4n) is 3.44. The second-order valence-corrected chi connectivity index (χ2v) is 7.67. The maximum atomic E-state index is 12.9. The number of anilines is 2. The molecular formula is C26H23N3O2. The van der Waals surface area contributed by atoms with Crippen molar-refractivity contribution in [1.29, 1.82) is 0 Å². The van der Waals surface area contributed by atoms with Gasteiger partial charge in [-0.25, -0.2) is 0 Å². The van der Waals surface area contributed by atoms with Gasteiger partial charge in [0.1, 0.15) is 0 Å². The highest BCUT2D eigenvalue weighted by Gasteiger charge is 2.12. The lowest BCUT2D eigenvalue weighted by molar-refractivity contribution is 0.101. The van der Waals surface area contributed by atoms with E-state index in [-0.39, 0.29) is 11.8 Å². The first-order valence-corrected chi connectivity index (χ1v) is 10.1. The van der Waals surface area contributed by atoms with Gasteiger partial charge in [-0.3, -0.25) is 14.6 Å². The summed E-state index contributed by atoms with van der Waals surface area (Å²) in [7, 11) is 0. The van der Waals surface area contributed by atoms with Crippen LogP contribution >= 0.6 is 0 Å². The van der Waals surface area contributed by atoms with Crippen molar-refractivity contribution in [2.45, 2.75) is 20.8 Å². The van der Waals surface area contributed by atoms with Crippen LogP contribution in [0, 0.1) is 20.8 Å². The van der Waals surface area contributed by atoms with Crippen LogP contribution in [0.4, 0.5) is 11.4 Å². The summed E-state index contributed by atoms with van der Waals surface area (Å²) in [6.45, 7) is 5.85. The minimum Gasteiger partial charge on any atom is -0.322 e. The highest BCUT2D eigenvalue weighted by atomic mass is 16.2. The lowest BCUT2D eigenvalue weighted by Crippen LogP contribution is -2.15. The van der Waals surface area contributed by atoms with Crippen LogP contribution < -0.4 is 10.6 Å². The molecule has 0 aliphatic heterocycles. The Morgan fingerprint density at radius 2 is 1.52 bits per heavy atom. The van der Waals surface area contributed by atoms with E-state index in [1.165, 1.54) is 0 Å². The molecule has 5 heteroatoms. The normalized spacial score (nSPS) is 10.7. The first-order valence-electron chi connectivity index (χ1n) is 10.1. The van der Waals surface area contributed by atoms with E-state index in [4.69, 9.17) is 0 Å². The van der Waals surface area contributed by atoms with Gasteiger partial charge in [0.2, 0.25) is 0 Å². The van der Waals surface area contributed by atoms with Crippen LogP contribution in [0.15, 0.2) is 72.9 Å². The number of hydrogen-bond acceptors (Lipinski definition) is 3. The molecule has 0 atom stereocenters. The van der Waals surface area contributed by atoms with Crippen LogP contribution in [0.1, 0.15) is 37.4 Å². The largest absolute Gasteiger partial charge is 0.322 e. The molecule has 31 heavy (non-hydrogen) atoms. The molecule has 4 rings (SSSR count). The van der Waals surface area contributed by atoms with Crippen molar-refractivity contribution in [3.8, 4) is 0 Å². The molecule has 0 saturated heterocycles. The highest BCUT2D eigenvalue weighted by Crippen LogP contribution is 2.23. The van der Waals surface area contributed by atoms with Gasteiger partial charge in [0.15, 0.2) is 0 Å². The summed E-state index contributed by atoms with van der Waals surface area (Å²) in [5, 5.41) is 6.81. The lowest BCUT2D eigenvalue weighted by atomic mass is 10.1. The van der Waals surface area contributed by atoms with Crippen molar-refractivity contribution in [3.63, 3.8) is 0 Å². The zero-order valence-electron chi connectivity index (χ0n) is 17.7. The third kappa shape index (κ3) is 4.46. The summed E-state index contributed by atoms with van der Waals surface area (Å²) in [6, 6.07) is 20.3. The number of carbonyl (C=O) groups excluding carboxylic acids is 2. The predicted molar refractivity (Wildman–Crippen MR) is 125 cm³/mol. The number of aryl methyl sites for hydroxylation is 3. The number of hydrogen-bond donors (Lipinski definition) is 2. The first kappa shape index (κ1) is 20.3. The van der Waals surface area contributed by atoms with Gasteiger partial charge in [-0.2, -0.15) is 0 Å².